The summed E-state index contributed by atoms with van der Waals surface area (Å²) in [6.07, 6.45) is 0. The number of nitrogens with zero attached hydrogens (tertiary/aromatic N) is 6. The predicted molar refractivity (Wildman–Crippen MR) is 104 cm³/mol. The number of tetrazole rings is 1. The van der Waals surface area contributed by atoms with Gasteiger partial charge < -0.3 is 4.90 Å². The Labute approximate surface area is 169 Å². The Morgan fingerprint density at radius 2 is 1.75 bits per heavy atom. The number of amides is 1. The molecule has 1 saturated heterocycles. The Hall–Kier alpha value is -2.65. The summed E-state index contributed by atoms with van der Waals surface area (Å²) in [6, 6.07) is 13.5. The summed E-state index contributed by atoms with van der Waals surface area (Å²) < 4.78 is 15.6. The summed E-state index contributed by atoms with van der Waals surface area (Å²) in [4.78, 5) is 16.8. The molecular weight excluding hydrogens is 427 g/mol. The number of rotatable bonds is 4. The van der Waals surface area contributed by atoms with Gasteiger partial charge in [-0.3, -0.25) is 9.69 Å². The molecule has 2 aromatic carbocycles. The van der Waals surface area contributed by atoms with E-state index in [2.05, 4.69) is 36.4 Å². The van der Waals surface area contributed by atoms with Crippen molar-refractivity contribution in [3.63, 3.8) is 0 Å². The first kappa shape index (κ1) is 18.7. The molecule has 0 radical (unpaired) electrons. The molecule has 28 heavy (non-hydrogen) atoms. The summed E-state index contributed by atoms with van der Waals surface area (Å²) >= 11 is 3.44. The molecule has 0 N–H and O–H groups in total. The Kier molecular flexibility index (Phi) is 5.45. The summed E-state index contributed by atoms with van der Waals surface area (Å²) in [7, 11) is 0. The van der Waals surface area contributed by atoms with Crippen LogP contribution in [0, 0.1) is 5.82 Å². The number of carbonyl (C=O) groups is 1. The Morgan fingerprint density at radius 1 is 1.04 bits per heavy atom. The van der Waals surface area contributed by atoms with Gasteiger partial charge in [-0.25, -0.2) is 4.39 Å². The van der Waals surface area contributed by atoms with Crippen LogP contribution < -0.4 is 0 Å². The Balaban J connectivity index is 1.39. The van der Waals surface area contributed by atoms with Crippen LogP contribution in [0.3, 0.4) is 0 Å². The molecular formula is C19H18BrFN6O. The van der Waals surface area contributed by atoms with E-state index in [0.717, 1.165) is 17.6 Å². The van der Waals surface area contributed by atoms with Crippen LogP contribution in [0.5, 0.6) is 0 Å². The highest BCUT2D eigenvalue weighted by Crippen LogP contribution is 2.19. The fraction of sp³-hybridized carbons (Fsp3) is 0.263. The van der Waals surface area contributed by atoms with Crippen LogP contribution in [0.1, 0.15) is 16.2 Å². The first-order valence-electron chi connectivity index (χ1n) is 8.91. The smallest absolute Gasteiger partial charge is 0.255 e. The van der Waals surface area contributed by atoms with E-state index >= 15 is 0 Å². The van der Waals surface area contributed by atoms with Crippen molar-refractivity contribution in [3.05, 3.63) is 70.2 Å². The Morgan fingerprint density at radius 3 is 2.46 bits per heavy atom. The van der Waals surface area contributed by atoms with E-state index in [1.807, 2.05) is 29.2 Å². The molecule has 0 unspecified atom stereocenters. The van der Waals surface area contributed by atoms with Gasteiger partial charge in [0.1, 0.15) is 5.82 Å². The van der Waals surface area contributed by atoms with Gasteiger partial charge >= 0.3 is 0 Å². The lowest BCUT2D eigenvalue weighted by Gasteiger charge is -2.34. The van der Waals surface area contributed by atoms with Crippen molar-refractivity contribution in [2.75, 3.05) is 26.2 Å². The molecule has 0 saturated carbocycles. The minimum atomic E-state index is -0.302. The van der Waals surface area contributed by atoms with Gasteiger partial charge in [-0.2, -0.15) is 4.68 Å². The van der Waals surface area contributed by atoms with Crippen LogP contribution >= 0.6 is 15.9 Å². The summed E-state index contributed by atoms with van der Waals surface area (Å²) in [5.74, 6) is 0.407. The van der Waals surface area contributed by atoms with Crippen LogP contribution in [0.2, 0.25) is 0 Å². The minimum Gasteiger partial charge on any atom is -0.336 e. The van der Waals surface area contributed by atoms with E-state index < -0.39 is 0 Å². The molecule has 144 valence electrons. The molecule has 1 aliphatic rings. The Bertz CT molecular complexity index is 969. The molecule has 0 aliphatic carbocycles. The van der Waals surface area contributed by atoms with Crippen LogP contribution in [-0.4, -0.2) is 62.1 Å². The number of benzene rings is 2. The van der Waals surface area contributed by atoms with Crippen molar-refractivity contribution < 1.29 is 9.18 Å². The quantitative estimate of drug-likeness (QED) is 0.618. The molecule has 2 heterocycles. The fourth-order valence-corrected chi connectivity index (χ4v) is 3.66. The maximum Gasteiger partial charge on any atom is 0.255 e. The molecule has 1 fully saturated rings. The third-order valence-electron chi connectivity index (χ3n) is 4.73. The van der Waals surface area contributed by atoms with Crippen LogP contribution in [-0.2, 0) is 6.54 Å². The largest absolute Gasteiger partial charge is 0.336 e. The molecule has 4 rings (SSSR count). The van der Waals surface area contributed by atoms with E-state index in [1.165, 1.54) is 12.1 Å². The van der Waals surface area contributed by atoms with Crippen LogP contribution in [0.15, 0.2) is 53.0 Å². The van der Waals surface area contributed by atoms with E-state index in [0.29, 0.717) is 36.7 Å². The van der Waals surface area contributed by atoms with Crippen molar-refractivity contribution in [1.29, 1.82) is 0 Å². The van der Waals surface area contributed by atoms with Gasteiger partial charge in [-0.05, 0) is 62.8 Å². The van der Waals surface area contributed by atoms with E-state index in [-0.39, 0.29) is 11.7 Å². The standard InChI is InChI=1S/C19H18BrFN6O/c20-17-4-2-1-3-16(17)19(28)26-11-9-25(10-12-26)13-18-22-23-24-27(18)15-7-5-14(21)6-8-15/h1-8H,9-13H2. The van der Waals surface area contributed by atoms with E-state index in [9.17, 15) is 9.18 Å². The highest BCUT2D eigenvalue weighted by Gasteiger charge is 2.24. The third kappa shape index (κ3) is 3.95. The number of carbonyl (C=O) groups excluding carboxylic acids is 1. The number of halogens is 2. The van der Waals surface area contributed by atoms with Crippen LogP contribution in [0.25, 0.3) is 5.69 Å². The molecule has 0 spiro atoms. The highest BCUT2D eigenvalue weighted by atomic mass is 79.9. The first-order chi connectivity index (χ1) is 13.6. The van der Waals surface area contributed by atoms with Gasteiger partial charge in [0.25, 0.3) is 5.91 Å². The molecule has 0 atom stereocenters. The molecule has 7 nitrogen and oxygen atoms in total. The normalized spacial score (nSPS) is 15.0. The summed E-state index contributed by atoms with van der Waals surface area (Å²) in [5.41, 5.74) is 1.39. The SMILES string of the molecule is O=C(c1ccccc1Br)N1CCN(Cc2nnnn2-c2ccc(F)cc2)CC1. The molecule has 1 aromatic heterocycles. The highest BCUT2D eigenvalue weighted by molar-refractivity contribution is 9.10. The van der Waals surface area contributed by atoms with Crippen molar-refractivity contribution in [2.24, 2.45) is 0 Å². The van der Waals surface area contributed by atoms with Gasteiger partial charge in [-0.1, -0.05) is 12.1 Å². The van der Waals surface area contributed by atoms with E-state index in [1.54, 1.807) is 16.8 Å². The number of aromatic nitrogens is 4. The average Bonchev–Trinajstić information content (AvgIpc) is 3.17. The molecule has 1 aliphatic heterocycles. The minimum absolute atomic E-state index is 0.0308. The molecule has 3 aromatic rings. The predicted octanol–water partition coefficient (Wildman–Crippen LogP) is 2.52. The zero-order valence-corrected chi connectivity index (χ0v) is 16.6. The second kappa shape index (κ2) is 8.15. The van der Waals surface area contributed by atoms with Crippen molar-refractivity contribution in [2.45, 2.75) is 6.54 Å². The molecule has 0 bridgehead atoms. The fourth-order valence-electron chi connectivity index (χ4n) is 3.20. The topological polar surface area (TPSA) is 67.2 Å². The van der Waals surface area contributed by atoms with Gasteiger partial charge in [0, 0.05) is 30.7 Å². The van der Waals surface area contributed by atoms with Gasteiger partial charge in [0.2, 0.25) is 0 Å². The second-order valence-electron chi connectivity index (χ2n) is 6.53. The third-order valence-corrected chi connectivity index (χ3v) is 5.43. The monoisotopic (exact) mass is 444 g/mol. The molecule has 9 heteroatoms. The van der Waals surface area contributed by atoms with Gasteiger partial charge in [0.05, 0.1) is 17.8 Å². The molecule has 1 amide bonds. The lowest BCUT2D eigenvalue weighted by Crippen LogP contribution is -2.48. The van der Waals surface area contributed by atoms with E-state index in [4.69, 9.17) is 0 Å². The summed E-state index contributed by atoms with van der Waals surface area (Å²) in [6.45, 7) is 3.29. The number of piperazine rings is 1. The lowest BCUT2D eigenvalue weighted by atomic mass is 10.2. The maximum absolute atomic E-state index is 13.1. The van der Waals surface area contributed by atoms with Crippen LogP contribution in [0.4, 0.5) is 4.39 Å². The zero-order valence-electron chi connectivity index (χ0n) is 15.0. The first-order valence-corrected chi connectivity index (χ1v) is 9.70. The van der Waals surface area contributed by atoms with Crippen molar-refractivity contribution in [1.82, 2.24) is 30.0 Å². The van der Waals surface area contributed by atoms with Crippen molar-refractivity contribution in [3.8, 4) is 5.69 Å². The number of hydrogen-bond acceptors (Lipinski definition) is 5. The summed E-state index contributed by atoms with van der Waals surface area (Å²) in [5, 5.41) is 11.9. The zero-order chi connectivity index (χ0) is 19.5. The second-order valence-corrected chi connectivity index (χ2v) is 7.39. The number of hydrogen-bond donors (Lipinski definition) is 0. The average molecular weight is 445 g/mol. The van der Waals surface area contributed by atoms with Gasteiger partial charge in [0.15, 0.2) is 5.82 Å². The lowest BCUT2D eigenvalue weighted by molar-refractivity contribution is 0.0623. The van der Waals surface area contributed by atoms with Gasteiger partial charge in [-0.15, -0.1) is 5.10 Å². The van der Waals surface area contributed by atoms with Crippen molar-refractivity contribution >= 4 is 21.8 Å². The maximum atomic E-state index is 13.1.